The predicted molar refractivity (Wildman–Crippen MR) is 88.0 cm³/mol. The van der Waals surface area contributed by atoms with Crippen LogP contribution in [0.3, 0.4) is 0 Å². The number of nitrogens with zero attached hydrogens (tertiary/aromatic N) is 2. The van der Waals surface area contributed by atoms with Crippen molar-refractivity contribution in [2.24, 2.45) is 11.3 Å². The normalized spacial score (nSPS) is 23.5. The van der Waals surface area contributed by atoms with Crippen LogP contribution in [-0.4, -0.2) is 29.4 Å². The van der Waals surface area contributed by atoms with Gasteiger partial charge < -0.3 is 0 Å². The molecule has 0 bridgehead atoms. The number of hydrogen-bond acceptors (Lipinski definition) is 4. The quantitative estimate of drug-likeness (QED) is 0.786. The highest BCUT2D eigenvalue weighted by Gasteiger charge is 2.41. The number of halogens is 1. The van der Waals surface area contributed by atoms with E-state index in [0.29, 0.717) is 22.9 Å². The number of anilines is 1. The van der Waals surface area contributed by atoms with Gasteiger partial charge in [0.25, 0.3) is 5.91 Å². The van der Waals surface area contributed by atoms with Crippen LogP contribution in [0.2, 0.25) is 5.02 Å². The fourth-order valence-electron chi connectivity index (χ4n) is 2.83. The van der Waals surface area contributed by atoms with E-state index >= 15 is 0 Å². The van der Waals surface area contributed by atoms with Crippen molar-refractivity contribution in [1.82, 2.24) is 5.06 Å². The summed E-state index contributed by atoms with van der Waals surface area (Å²) in [5, 5.41) is 1.68. The second kappa shape index (κ2) is 5.86. The summed E-state index contributed by atoms with van der Waals surface area (Å²) >= 11 is 6.29. The van der Waals surface area contributed by atoms with Crippen molar-refractivity contribution in [2.75, 3.05) is 11.5 Å². The second-order valence-electron chi connectivity index (χ2n) is 6.95. The van der Waals surface area contributed by atoms with Gasteiger partial charge in [-0.15, -0.1) is 0 Å². The van der Waals surface area contributed by atoms with Crippen LogP contribution in [0.25, 0.3) is 0 Å². The Labute approximate surface area is 145 Å². The highest BCUT2D eigenvalue weighted by Crippen LogP contribution is 2.32. The van der Waals surface area contributed by atoms with E-state index in [4.69, 9.17) is 16.4 Å². The van der Waals surface area contributed by atoms with Crippen molar-refractivity contribution >= 4 is 35.0 Å². The molecule has 6 nitrogen and oxygen atoms in total. The maximum absolute atomic E-state index is 12.2. The number of hydrogen-bond donors (Lipinski definition) is 0. The first-order valence-corrected chi connectivity index (χ1v) is 8.18. The van der Waals surface area contributed by atoms with Crippen LogP contribution in [0.15, 0.2) is 18.2 Å². The fraction of sp³-hybridized carbons (Fsp3) is 0.471. The summed E-state index contributed by atoms with van der Waals surface area (Å²) < 4.78 is 0. The molecule has 1 aromatic rings. The molecule has 2 fully saturated rings. The summed E-state index contributed by atoms with van der Waals surface area (Å²) in [7, 11) is 0. The molecule has 0 radical (unpaired) electrons. The van der Waals surface area contributed by atoms with Gasteiger partial charge in [-0.05, 0) is 31.5 Å². The van der Waals surface area contributed by atoms with Crippen molar-refractivity contribution in [2.45, 2.75) is 33.7 Å². The van der Waals surface area contributed by atoms with Crippen LogP contribution in [0, 0.1) is 11.3 Å². The standard InChI is InChI=1S/C17H19ClN2O4/c1-10-6-14(21)20(15(10)22)12-5-4-11(13(18)7-12)8-19-16(23)17(2,3)9-24-19/h4-5,7,10H,6,8-9H2,1-3H3. The molecule has 2 heterocycles. The molecule has 0 spiro atoms. The monoisotopic (exact) mass is 350 g/mol. The maximum Gasteiger partial charge on any atom is 0.254 e. The Kier molecular flexibility index (Phi) is 4.13. The van der Waals surface area contributed by atoms with Gasteiger partial charge in [-0.1, -0.05) is 24.6 Å². The van der Waals surface area contributed by atoms with E-state index in [9.17, 15) is 14.4 Å². The third-order valence-electron chi connectivity index (χ3n) is 4.37. The van der Waals surface area contributed by atoms with E-state index in [1.54, 1.807) is 25.1 Å². The fourth-order valence-corrected chi connectivity index (χ4v) is 3.06. The molecule has 0 aromatic heterocycles. The van der Waals surface area contributed by atoms with Crippen molar-refractivity contribution in [3.05, 3.63) is 28.8 Å². The average molecular weight is 351 g/mol. The van der Waals surface area contributed by atoms with Gasteiger partial charge in [0.1, 0.15) is 0 Å². The first kappa shape index (κ1) is 16.9. The molecule has 24 heavy (non-hydrogen) atoms. The van der Waals surface area contributed by atoms with Crippen molar-refractivity contribution in [3.8, 4) is 0 Å². The topological polar surface area (TPSA) is 66.9 Å². The molecule has 3 rings (SSSR count). The van der Waals surface area contributed by atoms with Crippen LogP contribution in [0.4, 0.5) is 5.69 Å². The Morgan fingerprint density at radius 1 is 1.29 bits per heavy atom. The minimum Gasteiger partial charge on any atom is -0.274 e. The molecular formula is C17H19ClN2O4. The number of carbonyl (C=O) groups excluding carboxylic acids is 3. The smallest absolute Gasteiger partial charge is 0.254 e. The minimum atomic E-state index is -0.545. The van der Waals surface area contributed by atoms with Gasteiger partial charge in [0, 0.05) is 17.4 Å². The number of benzene rings is 1. The van der Waals surface area contributed by atoms with E-state index in [1.165, 1.54) is 9.96 Å². The lowest BCUT2D eigenvalue weighted by atomic mass is 9.95. The summed E-state index contributed by atoms with van der Waals surface area (Å²) in [6.45, 7) is 5.93. The molecule has 2 aliphatic rings. The van der Waals surface area contributed by atoms with E-state index in [1.807, 2.05) is 13.8 Å². The molecule has 0 aliphatic carbocycles. The molecule has 0 N–H and O–H groups in total. The van der Waals surface area contributed by atoms with Crippen LogP contribution in [0.5, 0.6) is 0 Å². The zero-order valence-corrected chi connectivity index (χ0v) is 14.6. The van der Waals surface area contributed by atoms with Gasteiger partial charge in [-0.3, -0.25) is 24.1 Å². The third kappa shape index (κ3) is 2.80. The summed E-state index contributed by atoms with van der Waals surface area (Å²) in [5.74, 6) is -0.852. The zero-order chi connectivity index (χ0) is 17.6. The highest BCUT2D eigenvalue weighted by molar-refractivity contribution is 6.32. The lowest BCUT2D eigenvalue weighted by molar-refractivity contribution is -0.165. The van der Waals surface area contributed by atoms with Crippen molar-refractivity contribution in [3.63, 3.8) is 0 Å². The Bertz CT molecular complexity index is 731. The Hall–Kier alpha value is -1.92. The van der Waals surface area contributed by atoms with Gasteiger partial charge in [0.2, 0.25) is 11.8 Å². The van der Waals surface area contributed by atoms with Crippen molar-refractivity contribution in [1.29, 1.82) is 0 Å². The molecule has 3 amide bonds. The van der Waals surface area contributed by atoms with E-state index in [2.05, 4.69) is 0 Å². The van der Waals surface area contributed by atoms with Crippen molar-refractivity contribution < 1.29 is 19.2 Å². The average Bonchev–Trinajstić information content (AvgIpc) is 2.91. The van der Waals surface area contributed by atoms with Gasteiger partial charge in [0.15, 0.2) is 0 Å². The number of carbonyl (C=O) groups is 3. The van der Waals surface area contributed by atoms with E-state index < -0.39 is 5.41 Å². The second-order valence-corrected chi connectivity index (χ2v) is 7.35. The lowest BCUT2D eigenvalue weighted by Gasteiger charge is -2.19. The molecule has 1 atom stereocenters. The number of hydroxylamine groups is 2. The SMILES string of the molecule is CC1CC(=O)N(c2ccc(CN3OCC(C)(C)C3=O)c(Cl)c2)C1=O. The summed E-state index contributed by atoms with van der Waals surface area (Å²) in [6.07, 6.45) is 0.212. The van der Waals surface area contributed by atoms with Crippen LogP contribution in [0.1, 0.15) is 32.8 Å². The highest BCUT2D eigenvalue weighted by atomic mass is 35.5. The molecular weight excluding hydrogens is 332 g/mol. The predicted octanol–water partition coefficient (Wildman–Crippen LogP) is 2.54. The summed E-state index contributed by atoms with van der Waals surface area (Å²) in [5.41, 5.74) is 0.604. The van der Waals surface area contributed by atoms with Gasteiger partial charge in [-0.25, -0.2) is 5.06 Å². The van der Waals surface area contributed by atoms with Gasteiger partial charge in [0.05, 0.1) is 24.3 Å². The Morgan fingerprint density at radius 2 is 2.00 bits per heavy atom. The van der Waals surface area contributed by atoms with E-state index in [-0.39, 0.29) is 36.6 Å². The molecule has 7 heteroatoms. The molecule has 128 valence electrons. The first-order valence-electron chi connectivity index (χ1n) is 7.81. The zero-order valence-electron chi connectivity index (χ0n) is 13.8. The van der Waals surface area contributed by atoms with Crippen LogP contribution < -0.4 is 4.90 Å². The largest absolute Gasteiger partial charge is 0.274 e. The maximum atomic E-state index is 12.2. The summed E-state index contributed by atoms with van der Waals surface area (Å²) in [4.78, 5) is 42.9. The van der Waals surface area contributed by atoms with E-state index in [0.717, 1.165) is 0 Å². The molecule has 1 aromatic carbocycles. The molecule has 0 saturated carbocycles. The lowest BCUT2D eigenvalue weighted by Crippen LogP contribution is -2.31. The third-order valence-corrected chi connectivity index (χ3v) is 4.72. The van der Waals surface area contributed by atoms with Crippen LogP contribution >= 0.6 is 11.6 Å². The Morgan fingerprint density at radius 3 is 2.50 bits per heavy atom. The van der Waals surface area contributed by atoms with Gasteiger partial charge >= 0.3 is 0 Å². The molecule has 2 saturated heterocycles. The first-order chi connectivity index (χ1) is 11.2. The number of rotatable bonds is 3. The van der Waals surface area contributed by atoms with Gasteiger partial charge in [-0.2, -0.15) is 0 Å². The summed E-state index contributed by atoms with van der Waals surface area (Å²) in [6, 6.07) is 4.96. The number of amides is 3. The minimum absolute atomic E-state index is 0.0960. The molecule has 1 unspecified atom stereocenters. The van der Waals surface area contributed by atoms with Crippen LogP contribution in [-0.2, 0) is 25.8 Å². The Balaban J connectivity index is 1.80. The number of imide groups is 1. The molecule has 2 aliphatic heterocycles.